The van der Waals surface area contributed by atoms with Crippen molar-refractivity contribution in [1.82, 2.24) is 9.78 Å². The van der Waals surface area contributed by atoms with Crippen LogP contribution in [0.3, 0.4) is 0 Å². The summed E-state index contributed by atoms with van der Waals surface area (Å²) < 4.78 is 1.79. The molecule has 0 aromatic carbocycles. The van der Waals surface area contributed by atoms with E-state index in [4.69, 9.17) is 5.73 Å². The molecular formula is C9H17ClN4O. The molecule has 1 aromatic heterocycles. The lowest BCUT2D eigenvalue weighted by atomic mass is 10.3. The van der Waals surface area contributed by atoms with Crippen molar-refractivity contribution in [2.45, 2.75) is 32.9 Å². The first kappa shape index (κ1) is 13.9. The van der Waals surface area contributed by atoms with Gasteiger partial charge in [-0.25, -0.2) is 0 Å². The van der Waals surface area contributed by atoms with Gasteiger partial charge in [0.2, 0.25) is 5.91 Å². The molecule has 5 nitrogen and oxygen atoms in total. The van der Waals surface area contributed by atoms with E-state index in [9.17, 15) is 4.79 Å². The van der Waals surface area contributed by atoms with E-state index < -0.39 is 6.04 Å². The standard InChI is InChI=1S/C9H16N4O.ClH/c1-3-4-13-6-8(5-11-13)12-9(14)7(2)10;/h5-7H,3-4,10H2,1-2H3,(H,12,14);1H/t7-;/m1./s1. The molecule has 1 amide bonds. The second-order valence-corrected chi connectivity index (χ2v) is 3.27. The number of amides is 1. The van der Waals surface area contributed by atoms with Crippen molar-refractivity contribution in [3.63, 3.8) is 0 Å². The van der Waals surface area contributed by atoms with Crippen LogP contribution in [-0.2, 0) is 11.3 Å². The number of hydrogen-bond donors (Lipinski definition) is 2. The Bertz CT molecular complexity index is 311. The Kier molecular flexibility index (Phi) is 5.96. The van der Waals surface area contributed by atoms with Crippen molar-refractivity contribution in [3.8, 4) is 0 Å². The number of nitrogens with zero attached hydrogens (tertiary/aromatic N) is 2. The number of aryl methyl sites for hydroxylation is 1. The van der Waals surface area contributed by atoms with Crippen LogP contribution < -0.4 is 11.1 Å². The zero-order valence-corrected chi connectivity index (χ0v) is 9.75. The molecule has 0 unspecified atom stereocenters. The summed E-state index contributed by atoms with van der Waals surface area (Å²) in [5, 5.41) is 6.75. The molecule has 3 N–H and O–H groups in total. The van der Waals surface area contributed by atoms with Crippen LogP contribution in [0, 0.1) is 0 Å². The summed E-state index contributed by atoms with van der Waals surface area (Å²) in [5.74, 6) is -0.193. The van der Waals surface area contributed by atoms with Crippen molar-refractivity contribution in [2.75, 3.05) is 5.32 Å². The summed E-state index contributed by atoms with van der Waals surface area (Å²) in [6.07, 6.45) is 4.43. The number of rotatable bonds is 4. The highest BCUT2D eigenvalue weighted by atomic mass is 35.5. The Balaban J connectivity index is 0.00000196. The first-order chi connectivity index (χ1) is 6.63. The third-order valence-electron chi connectivity index (χ3n) is 1.77. The predicted octanol–water partition coefficient (Wildman–Crippen LogP) is 1.00. The lowest BCUT2D eigenvalue weighted by Crippen LogP contribution is -2.32. The fraction of sp³-hybridized carbons (Fsp3) is 0.556. The Morgan fingerprint density at radius 3 is 2.93 bits per heavy atom. The number of halogens is 1. The van der Waals surface area contributed by atoms with Crippen LogP contribution in [-0.4, -0.2) is 21.7 Å². The van der Waals surface area contributed by atoms with Crippen LogP contribution in [0.15, 0.2) is 12.4 Å². The van der Waals surface area contributed by atoms with Gasteiger partial charge in [-0.2, -0.15) is 5.10 Å². The molecule has 0 aliphatic carbocycles. The van der Waals surface area contributed by atoms with Gasteiger partial charge < -0.3 is 11.1 Å². The van der Waals surface area contributed by atoms with Crippen molar-refractivity contribution in [1.29, 1.82) is 0 Å². The van der Waals surface area contributed by atoms with E-state index in [1.54, 1.807) is 24.0 Å². The molecule has 0 radical (unpaired) electrons. The van der Waals surface area contributed by atoms with Crippen LogP contribution in [0.5, 0.6) is 0 Å². The number of aromatic nitrogens is 2. The van der Waals surface area contributed by atoms with Gasteiger partial charge in [0.25, 0.3) is 0 Å². The summed E-state index contributed by atoms with van der Waals surface area (Å²) in [6.45, 7) is 4.57. The molecule has 1 heterocycles. The number of carbonyl (C=O) groups is 1. The van der Waals surface area contributed by atoms with E-state index in [-0.39, 0.29) is 18.3 Å². The zero-order chi connectivity index (χ0) is 10.6. The highest BCUT2D eigenvalue weighted by Gasteiger charge is 2.08. The number of carbonyl (C=O) groups excluding carboxylic acids is 1. The quantitative estimate of drug-likeness (QED) is 0.814. The maximum Gasteiger partial charge on any atom is 0.241 e. The summed E-state index contributed by atoms with van der Waals surface area (Å²) in [7, 11) is 0. The van der Waals surface area contributed by atoms with E-state index >= 15 is 0 Å². The van der Waals surface area contributed by atoms with Gasteiger partial charge in [-0.3, -0.25) is 9.48 Å². The molecule has 1 aromatic rings. The average molecular weight is 233 g/mol. The van der Waals surface area contributed by atoms with E-state index in [1.807, 2.05) is 0 Å². The molecule has 1 rings (SSSR count). The maximum atomic E-state index is 11.2. The topological polar surface area (TPSA) is 72.9 Å². The third-order valence-corrected chi connectivity index (χ3v) is 1.77. The van der Waals surface area contributed by atoms with Gasteiger partial charge >= 0.3 is 0 Å². The number of anilines is 1. The monoisotopic (exact) mass is 232 g/mol. The molecule has 0 aliphatic rings. The van der Waals surface area contributed by atoms with Gasteiger partial charge in [-0.05, 0) is 13.3 Å². The molecule has 0 saturated heterocycles. The van der Waals surface area contributed by atoms with Crippen LogP contribution in [0.4, 0.5) is 5.69 Å². The highest BCUT2D eigenvalue weighted by molar-refractivity contribution is 5.94. The molecule has 1 atom stereocenters. The lowest BCUT2D eigenvalue weighted by Gasteiger charge is -2.04. The van der Waals surface area contributed by atoms with Crippen molar-refractivity contribution in [2.24, 2.45) is 5.73 Å². The second kappa shape index (κ2) is 6.42. The van der Waals surface area contributed by atoms with Crippen LogP contribution >= 0.6 is 12.4 Å². The second-order valence-electron chi connectivity index (χ2n) is 3.27. The van der Waals surface area contributed by atoms with Gasteiger partial charge in [0, 0.05) is 12.7 Å². The minimum absolute atomic E-state index is 0. The summed E-state index contributed by atoms with van der Waals surface area (Å²) in [6, 6.07) is -0.496. The van der Waals surface area contributed by atoms with Gasteiger partial charge in [0.15, 0.2) is 0 Å². The normalized spacial score (nSPS) is 11.7. The Hall–Kier alpha value is -1.07. The summed E-state index contributed by atoms with van der Waals surface area (Å²) in [4.78, 5) is 11.2. The number of nitrogens with two attached hydrogens (primary N) is 1. The van der Waals surface area contributed by atoms with E-state index in [2.05, 4.69) is 17.3 Å². The van der Waals surface area contributed by atoms with E-state index in [0.29, 0.717) is 5.69 Å². The molecule has 86 valence electrons. The van der Waals surface area contributed by atoms with Gasteiger partial charge in [-0.1, -0.05) is 6.92 Å². The number of nitrogens with one attached hydrogen (secondary N) is 1. The first-order valence-corrected chi connectivity index (χ1v) is 4.72. The van der Waals surface area contributed by atoms with Crippen LogP contribution in [0.25, 0.3) is 0 Å². The molecule has 6 heteroatoms. The molecule has 0 saturated carbocycles. The van der Waals surface area contributed by atoms with Crippen LogP contribution in [0.1, 0.15) is 20.3 Å². The zero-order valence-electron chi connectivity index (χ0n) is 8.93. The minimum Gasteiger partial charge on any atom is -0.322 e. The lowest BCUT2D eigenvalue weighted by molar-refractivity contribution is -0.117. The fourth-order valence-corrected chi connectivity index (χ4v) is 1.04. The SMILES string of the molecule is CCCn1cc(NC(=O)[C@@H](C)N)cn1.Cl. The highest BCUT2D eigenvalue weighted by Crippen LogP contribution is 2.05. The molecule has 15 heavy (non-hydrogen) atoms. The van der Waals surface area contributed by atoms with E-state index in [1.165, 1.54) is 0 Å². The Labute approximate surface area is 95.4 Å². The van der Waals surface area contributed by atoms with Gasteiger partial charge in [0.05, 0.1) is 17.9 Å². The molecule has 0 fully saturated rings. The largest absolute Gasteiger partial charge is 0.322 e. The summed E-state index contributed by atoms with van der Waals surface area (Å²) >= 11 is 0. The molecular weight excluding hydrogens is 216 g/mol. The first-order valence-electron chi connectivity index (χ1n) is 4.72. The minimum atomic E-state index is -0.496. The van der Waals surface area contributed by atoms with Crippen molar-refractivity contribution in [3.05, 3.63) is 12.4 Å². The molecule has 0 spiro atoms. The smallest absolute Gasteiger partial charge is 0.241 e. The predicted molar refractivity (Wildman–Crippen MR) is 62.0 cm³/mol. The summed E-state index contributed by atoms with van der Waals surface area (Å²) in [5.41, 5.74) is 6.11. The fourth-order valence-electron chi connectivity index (χ4n) is 1.04. The Morgan fingerprint density at radius 2 is 2.40 bits per heavy atom. The number of hydrogen-bond acceptors (Lipinski definition) is 3. The Morgan fingerprint density at radius 1 is 1.73 bits per heavy atom. The van der Waals surface area contributed by atoms with Crippen molar-refractivity contribution >= 4 is 24.0 Å². The van der Waals surface area contributed by atoms with Gasteiger partial charge in [0.1, 0.15) is 0 Å². The van der Waals surface area contributed by atoms with E-state index in [0.717, 1.165) is 13.0 Å². The molecule has 0 aliphatic heterocycles. The molecule has 0 bridgehead atoms. The average Bonchev–Trinajstić information content (AvgIpc) is 2.53. The third kappa shape index (κ3) is 4.31. The van der Waals surface area contributed by atoms with Crippen LogP contribution in [0.2, 0.25) is 0 Å². The van der Waals surface area contributed by atoms with Gasteiger partial charge in [-0.15, -0.1) is 12.4 Å². The van der Waals surface area contributed by atoms with Crippen molar-refractivity contribution < 1.29 is 4.79 Å². The maximum absolute atomic E-state index is 11.2.